The Kier molecular flexibility index (Phi) is 11.8. The van der Waals surface area contributed by atoms with Crippen LogP contribution in [0.5, 0.6) is 11.5 Å². The van der Waals surface area contributed by atoms with Gasteiger partial charge in [-0.05, 0) is 69.2 Å². The predicted octanol–water partition coefficient (Wildman–Crippen LogP) is 5.72. The summed E-state index contributed by atoms with van der Waals surface area (Å²) in [4.78, 5) is 28.8. The van der Waals surface area contributed by atoms with E-state index in [4.69, 9.17) is 9.47 Å². The quantitative estimate of drug-likeness (QED) is 0.355. The first-order valence-corrected chi connectivity index (χ1v) is 14.1. The fourth-order valence-corrected chi connectivity index (χ4v) is 5.09. The molecular weight excluding hydrogens is 464 g/mol. The van der Waals surface area contributed by atoms with Gasteiger partial charge in [-0.1, -0.05) is 62.6 Å². The van der Waals surface area contributed by atoms with E-state index in [9.17, 15) is 9.59 Å². The second kappa shape index (κ2) is 15.3. The normalized spacial score (nSPS) is 14.6. The first kappa shape index (κ1) is 28.5. The Morgan fingerprint density at radius 2 is 1.59 bits per heavy atom. The van der Waals surface area contributed by atoms with Crippen molar-refractivity contribution < 1.29 is 19.1 Å². The second-order valence-electron chi connectivity index (χ2n) is 9.74. The van der Waals surface area contributed by atoms with Gasteiger partial charge in [-0.15, -0.1) is 0 Å². The van der Waals surface area contributed by atoms with Gasteiger partial charge in [-0.2, -0.15) is 0 Å². The molecule has 0 saturated heterocycles. The largest absolute Gasteiger partial charge is 0.490 e. The average molecular weight is 509 g/mol. The van der Waals surface area contributed by atoms with Crippen molar-refractivity contribution >= 4 is 11.8 Å². The van der Waals surface area contributed by atoms with E-state index in [1.807, 2.05) is 62.1 Å². The molecule has 37 heavy (non-hydrogen) atoms. The molecule has 0 aromatic heterocycles. The van der Waals surface area contributed by atoms with Crippen molar-refractivity contribution in [3.05, 3.63) is 59.7 Å². The number of amides is 2. The number of nitrogens with zero attached hydrogens (tertiary/aromatic N) is 1. The van der Waals surface area contributed by atoms with E-state index >= 15 is 0 Å². The van der Waals surface area contributed by atoms with E-state index in [1.165, 1.54) is 6.42 Å². The summed E-state index contributed by atoms with van der Waals surface area (Å²) >= 11 is 0. The van der Waals surface area contributed by atoms with Crippen molar-refractivity contribution in [2.75, 3.05) is 19.8 Å². The van der Waals surface area contributed by atoms with Crippen LogP contribution in [0.25, 0.3) is 0 Å². The van der Waals surface area contributed by atoms with Crippen LogP contribution >= 0.6 is 0 Å². The Hall–Kier alpha value is -3.02. The van der Waals surface area contributed by atoms with E-state index in [2.05, 4.69) is 17.4 Å². The SMILES string of the molecule is CCOc1ccc(CCC(=O)N(CCc2ccccc2)[C@@H](CC)C(=O)NC2CCCCC2)cc1OCC. The van der Waals surface area contributed by atoms with Crippen LogP contribution in [0.3, 0.4) is 0 Å². The van der Waals surface area contributed by atoms with Crippen LogP contribution in [-0.4, -0.2) is 48.6 Å². The molecule has 2 aromatic rings. The Morgan fingerprint density at radius 3 is 2.27 bits per heavy atom. The lowest BCUT2D eigenvalue weighted by Crippen LogP contribution is -2.52. The van der Waals surface area contributed by atoms with Gasteiger partial charge in [-0.3, -0.25) is 9.59 Å². The molecule has 1 saturated carbocycles. The zero-order valence-electron chi connectivity index (χ0n) is 22.8. The monoisotopic (exact) mass is 508 g/mol. The zero-order valence-corrected chi connectivity index (χ0v) is 22.8. The number of ether oxygens (including phenoxy) is 2. The lowest BCUT2D eigenvalue weighted by Gasteiger charge is -2.33. The number of rotatable bonds is 14. The summed E-state index contributed by atoms with van der Waals surface area (Å²) in [5.41, 5.74) is 2.18. The standard InChI is InChI=1S/C31H44N2O4/c1-4-27(31(35)32-26-15-11-8-12-16-26)33(22-21-24-13-9-7-10-14-24)30(34)20-18-25-17-19-28(36-5-2)29(23-25)37-6-3/h7,9-10,13-14,17,19,23,26-27H,4-6,8,11-12,15-16,18,20-22H2,1-3H3,(H,32,35)/t27-/m0/s1. The highest BCUT2D eigenvalue weighted by Crippen LogP contribution is 2.29. The molecule has 202 valence electrons. The molecule has 1 fully saturated rings. The fourth-order valence-electron chi connectivity index (χ4n) is 5.09. The van der Waals surface area contributed by atoms with Gasteiger partial charge >= 0.3 is 0 Å². The van der Waals surface area contributed by atoms with Crippen LogP contribution in [0.1, 0.15) is 76.8 Å². The van der Waals surface area contributed by atoms with Gasteiger partial charge in [0, 0.05) is 19.0 Å². The van der Waals surface area contributed by atoms with Crippen molar-refractivity contribution in [3.63, 3.8) is 0 Å². The molecule has 1 atom stereocenters. The molecule has 0 spiro atoms. The highest BCUT2D eigenvalue weighted by atomic mass is 16.5. The topological polar surface area (TPSA) is 67.9 Å². The van der Waals surface area contributed by atoms with Crippen LogP contribution in [0, 0.1) is 0 Å². The number of nitrogens with one attached hydrogen (secondary N) is 1. The van der Waals surface area contributed by atoms with E-state index in [0.717, 1.165) is 43.2 Å². The number of benzene rings is 2. The van der Waals surface area contributed by atoms with Gasteiger partial charge in [0.05, 0.1) is 13.2 Å². The van der Waals surface area contributed by atoms with E-state index in [1.54, 1.807) is 0 Å². The highest BCUT2D eigenvalue weighted by molar-refractivity contribution is 5.88. The summed E-state index contributed by atoms with van der Waals surface area (Å²) < 4.78 is 11.4. The molecule has 0 bridgehead atoms. The van der Waals surface area contributed by atoms with Crippen molar-refractivity contribution in [1.29, 1.82) is 0 Å². The summed E-state index contributed by atoms with van der Waals surface area (Å²) in [6.45, 7) is 7.52. The summed E-state index contributed by atoms with van der Waals surface area (Å²) in [5.74, 6) is 1.41. The maximum absolute atomic E-state index is 13.6. The van der Waals surface area contributed by atoms with Gasteiger partial charge in [0.2, 0.25) is 11.8 Å². The maximum Gasteiger partial charge on any atom is 0.243 e. The first-order valence-electron chi connectivity index (χ1n) is 14.1. The lowest BCUT2D eigenvalue weighted by molar-refractivity contribution is -0.141. The van der Waals surface area contributed by atoms with E-state index < -0.39 is 6.04 Å². The number of hydrogen-bond donors (Lipinski definition) is 1. The molecule has 0 unspecified atom stereocenters. The van der Waals surface area contributed by atoms with Crippen LogP contribution in [0.4, 0.5) is 0 Å². The minimum Gasteiger partial charge on any atom is -0.490 e. The van der Waals surface area contributed by atoms with Crippen LogP contribution in [0.15, 0.2) is 48.5 Å². The second-order valence-corrected chi connectivity index (χ2v) is 9.74. The molecule has 6 heteroatoms. The third-order valence-corrected chi connectivity index (χ3v) is 7.06. The first-order chi connectivity index (χ1) is 18.0. The number of carbonyl (C=O) groups excluding carboxylic acids is 2. The Balaban J connectivity index is 1.71. The van der Waals surface area contributed by atoms with Crippen molar-refractivity contribution in [2.24, 2.45) is 0 Å². The molecular formula is C31H44N2O4. The minimum absolute atomic E-state index is 0.00780. The summed E-state index contributed by atoms with van der Waals surface area (Å²) in [7, 11) is 0. The van der Waals surface area contributed by atoms with Crippen LogP contribution in [0.2, 0.25) is 0 Å². The van der Waals surface area contributed by atoms with Crippen molar-refractivity contribution in [3.8, 4) is 11.5 Å². The molecule has 1 aliphatic rings. The molecule has 0 radical (unpaired) electrons. The number of hydrogen-bond acceptors (Lipinski definition) is 4. The molecule has 6 nitrogen and oxygen atoms in total. The molecule has 1 N–H and O–H groups in total. The Morgan fingerprint density at radius 1 is 0.892 bits per heavy atom. The Bertz CT molecular complexity index is 972. The van der Waals surface area contributed by atoms with Gasteiger partial charge in [0.25, 0.3) is 0 Å². The van der Waals surface area contributed by atoms with Gasteiger partial charge < -0.3 is 19.7 Å². The van der Waals surface area contributed by atoms with Crippen LogP contribution < -0.4 is 14.8 Å². The highest BCUT2D eigenvalue weighted by Gasteiger charge is 2.29. The number of aryl methyl sites for hydroxylation is 1. The summed E-state index contributed by atoms with van der Waals surface area (Å²) in [6.07, 6.45) is 7.83. The van der Waals surface area contributed by atoms with Gasteiger partial charge in [-0.25, -0.2) is 0 Å². The smallest absolute Gasteiger partial charge is 0.243 e. The number of carbonyl (C=O) groups is 2. The average Bonchev–Trinajstić information content (AvgIpc) is 2.92. The predicted molar refractivity (Wildman–Crippen MR) is 148 cm³/mol. The van der Waals surface area contributed by atoms with Crippen LogP contribution in [-0.2, 0) is 22.4 Å². The summed E-state index contributed by atoms with van der Waals surface area (Å²) in [5, 5.41) is 3.25. The molecule has 1 aliphatic carbocycles. The minimum atomic E-state index is -0.461. The molecule has 0 aliphatic heterocycles. The fraction of sp³-hybridized carbons (Fsp3) is 0.548. The van der Waals surface area contributed by atoms with E-state index in [-0.39, 0.29) is 17.9 Å². The lowest BCUT2D eigenvalue weighted by atomic mass is 9.95. The van der Waals surface area contributed by atoms with Crippen molar-refractivity contribution in [2.45, 2.75) is 90.6 Å². The van der Waals surface area contributed by atoms with Gasteiger partial charge in [0.1, 0.15) is 6.04 Å². The third-order valence-electron chi connectivity index (χ3n) is 7.06. The third kappa shape index (κ3) is 8.80. The maximum atomic E-state index is 13.6. The summed E-state index contributed by atoms with van der Waals surface area (Å²) in [6, 6.07) is 15.8. The molecule has 3 rings (SSSR count). The van der Waals surface area contributed by atoms with E-state index in [0.29, 0.717) is 50.5 Å². The molecule has 2 amide bonds. The zero-order chi connectivity index (χ0) is 26.5. The Labute approximate surface area is 222 Å². The van der Waals surface area contributed by atoms with Gasteiger partial charge in [0.15, 0.2) is 11.5 Å². The molecule has 2 aromatic carbocycles. The van der Waals surface area contributed by atoms with Crippen molar-refractivity contribution in [1.82, 2.24) is 10.2 Å². The molecule has 0 heterocycles.